The Morgan fingerprint density at radius 1 is 1.05 bits per heavy atom. The van der Waals surface area contributed by atoms with Gasteiger partial charge in [-0.2, -0.15) is 0 Å². The number of nitrogens with one attached hydrogen (secondary N) is 2. The predicted octanol–water partition coefficient (Wildman–Crippen LogP) is 2.63. The second-order valence-electron chi connectivity index (χ2n) is 4.93. The van der Waals surface area contributed by atoms with E-state index in [-0.39, 0.29) is 4.90 Å². The predicted molar refractivity (Wildman–Crippen MR) is 75.8 cm³/mol. The maximum Gasteiger partial charge on any atom is 0.257 e. The van der Waals surface area contributed by atoms with E-state index in [0.717, 1.165) is 18.4 Å². The molecular weight excluding hydrogens is 260 g/mol. The molecule has 0 unspecified atom stereocenters. The Kier molecular flexibility index (Phi) is 4.61. The fraction of sp³-hybridized carbons (Fsp3) is 0.429. The zero-order chi connectivity index (χ0) is 13.7. The van der Waals surface area contributed by atoms with Crippen molar-refractivity contribution in [2.75, 3.05) is 0 Å². The van der Waals surface area contributed by atoms with E-state index >= 15 is 0 Å². The van der Waals surface area contributed by atoms with Crippen LogP contribution in [0, 0.1) is 6.92 Å². The van der Waals surface area contributed by atoms with Gasteiger partial charge in [-0.15, -0.1) is 4.83 Å². The summed E-state index contributed by atoms with van der Waals surface area (Å²) in [5.41, 5.74) is 5.02. The van der Waals surface area contributed by atoms with Gasteiger partial charge < -0.3 is 5.43 Å². The molecule has 0 heterocycles. The number of rotatable bonds is 4. The maximum absolute atomic E-state index is 12.0. The first-order valence-corrected chi connectivity index (χ1v) is 8.08. The van der Waals surface area contributed by atoms with Crippen LogP contribution in [-0.4, -0.2) is 8.42 Å². The normalized spacial score (nSPS) is 16.2. The molecule has 0 spiro atoms. The summed E-state index contributed by atoms with van der Waals surface area (Å²) in [6.45, 7) is 1.93. The molecule has 0 saturated heterocycles. The number of sulfonamides is 1. The third kappa shape index (κ3) is 4.08. The Balaban J connectivity index is 1.96. The van der Waals surface area contributed by atoms with Crippen molar-refractivity contribution in [3.05, 3.63) is 41.6 Å². The van der Waals surface area contributed by atoms with E-state index in [1.165, 1.54) is 24.8 Å². The van der Waals surface area contributed by atoms with E-state index in [4.69, 9.17) is 0 Å². The summed E-state index contributed by atoms with van der Waals surface area (Å²) in [5.74, 6) is 0. The third-order valence-electron chi connectivity index (χ3n) is 3.30. The zero-order valence-corrected chi connectivity index (χ0v) is 12.0. The molecule has 2 rings (SSSR count). The Bertz CT molecular complexity index is 539. The molecule has 5 heteroatoms. The van der Waals surface area contributed by atoms with Gasteiger partial charge in [0, 0.05) is 6.20 Å². The lowest BCUT2D eigenvalue weighted by molar-refractivity contribution is 0.568. The van der Waals surface area contributed by atoms with Gasteiger partial charge in [0.05, 0.1) is 4.90 Å². The highest BCUT2D eigenvalue weighted by Gasteiger charge is 2.12. The van der Waals surface area contributed by atoms with Crippen molar-refractivity contribution in [2.45, 2.75) is 43.9 Å². The van der Waals surface area contributed by atoms with Crippen LogP contribution in [0.2, 0.25) is 0 Å². The van der Waals surface area contributed by atoms with E-state index in [0.29, 0.717) is 0 Å². The molecule has 19 heavy (non-hydrogen) atoms. The molecule has 0 aliphatic heterocycles. The minimum atomic E-state index is -3.48. The molecule has 1 aliphatic rings. The van der Waals surface area contributed by atoms with Crippen molar-refractivity contribution in [3.63, 3.8) is 0 Å². The number of hydrazine groups is 1. The molecule has 104 valence electrons. The minimum absolute atomic E-state index is 0.271. The van der Waals surface area contributed by atoms with Crippen LogP contribution in [0.4, 0.5) is 0 Å². The number of benzene rings is 1. The SMILES string of the molecule is Cc1ccc(S(=O)(=O)NNC=C2CCCCC2)cc1. The monoisotopic (exact) mass is 280 g/mol. The molecule has 0 amide bonds. The highest BCUT2D eigenvalue weighted by molar-refractivity contribution is 7.89. The maximum atomic E-state index is 12.0. The summed E-state index contributed by atoms with van der Waals surface area (Å²) in [4.78, 5) is 2.66. The van der Waals surface area contributed by atoms with Crippen molar-refractivity contribution in [1.29, 1.82) is 0 Å². The Hall–Kier alpha value is -1.33. The molecule has 0 radical (unpaired) electrons. The first kappa shape index (κ1) is 14.1. The summed E-state index contributed by atoms with van der Waals surface area (Å²) in [7, 11) is -3.48. The lowest BCUT2D eigenvalue weighted by atomic mass is 9.96. The molecule has 0 aromatic heterocycles. The van der Waals surface area contributed by atoms with Gasteiger partial charge >= 0.3 is 0 Å². The second kappa shape index (κ2) is 6.21. The third-order valence-corrected chi connectivity index (χ3v) is 4.58. The van der Waals surface area contributed by atoms with Crippen LogP contribution in [0.1, 0.15) is 37.7 Å². The van der Waals surface area contributed by atoms with Crippen LogP contribution in [0.3, 0.4) is 0 Å². The van der Waals surface area contributed by atoms with E-state index in [2.05, 4.69) is 10.3 Å². The Morgan fingerprint density at radius 3 is 2.32 bits per heavy atom. The molecule has 1 aromatic carbocycles. The van der Waals surface area contributed by atoms with Crippen LogP contribution in [-0.2, 0) is 10.0 Å². The summed E-state index contributed by atoms with van der Waals surface area (Å²) < 4.78 is 24.0. The van der Waals surface area contributed by atoms with Crippen molar-refractivity contribution < 1.29 is 8.42 Å². The van der Waals surface area contributed by atoms with Crippen LogP contribution in [0.15, 0.2) is 40.9 Å². The van der Waals surface area contributed by atoms with Crippen molar-refractivity contribution in [2.24, 2.45) is 0 Å². The quantitative estimate of drug-likeness (QED) is 0.834. The molecular formula is C14H20N2O2S. The molecule has 4 nitrogen and oxygen atoms in total. The van der Waals surface area contributed by atoms with Crippen molar-refractivity contribution in [1.82, 2.24) is 10.3 Å². The Labute approximate surface area is 114 Å². The highest BCUT2D eigenvalue weighted by Crippen LogP contribution is 2.21. The van der Waals surface area contributed by atoms with Crippen LogP contribution in [0.25, 0.3) is 0 Å². The number of hydrogen-bond acceptors (Lipinski definition) is 3. The standard InChI is InChI=1S/C14H20N2O2S/c1-12-7-9-14(10-8-12)19(17,18)16-15-11-13-5-3-2-4-6-13/h7-11,15-16H,2-6H2,1H3. The molecule has 1 aliphatic carbocycles. The average molecular weight is 280 g/mol. The topological polar surface area (TPSA) is 58.2 Å². The summed E-state index contributed by atoms with van der Waals surface area (Å²) in [5, 5.41) is 0. The first-order chi connectivity index (χ1) is 9.08. The van der Waals surface area contributed by atoms with Crippen LogP contribution < -0.4 is 10.3 Å². The molecule has 2 N–H and O–H groups in total. The Morgan fingerprint density at radius 2 is 1.68 bits per heavy atom. The van der Waals surface area contributed by atoms with E-state index < -0.39 is 10.0 Å². The molecule has 0 atom stereocenters. The van der Waals surface area contributed by atoms with Gasteiger partial charge in [-0.05, 0) is 44.7 Å². The molecule has 1 aromatic rings. The summed E-state index contributed by atoms with van der Waals surface area (Å²) in [6.07, 6.45) is 7.55. The van der Waals surface area contributed by atoms with Gasteiger partial charge in [0.15, 0.2) is 0 Å². The first-order valence-electron chi connectivity index (χ1n) is 6.60. The molecule has 1 saturated carbocycles. The van der Waals surface area contributed by atoms with Crippen molar-refractivity contribution >= 4 is 10.0 Å². The van der Waals surface area contributed by atoms with Gasteiger partial charge in [0.1, 0.15) is 0 Å². The fourth-order valence-electron chi connectivity index (χ4n) is 2.14. The summed E-state index contributed by atoms with van der Waals surface area (Å²) in [6, 6.07) is 6.78. The molecule has 1 fully saturated rings. The second-order valence-corrected chi connectivity index (χ2v) is 6.61. The minimum Gasteiger partial charge on any atom is -0.315 e. The largest absolute Gasteiger partial charge is 0.315 e. The van der Waals surface area contributed by atoms with E-state index in [9.17, 15) is 8.42 Å². The van der Waals surface area contributed by atoms with Crippen LogP contribution >= 0.6 is 0 Å². The van der Waals surface area contributed by atoms with Gasteiger partial charge in [0.25, 0.3) is 10.0 Å². The smallest absolute Gasteiger partial charge is 0.257 e. The lowest BCUT2D eigenvalue weighted by Crippen LogP contribution is -2.34. The summed E-state index contributed by atoms with van der Waals surface area (Å²) >= 11 is 0. The van der Waals surface area contributed by atoms with Gasteiger partial charge in [-0.3, -0.25) is 0 Å². The van der Waals surface area contributed by atoms with Gasteiger partial charge in [0.2, 0.25) is 0 Å². The van der Waals surface area contributed by atoms with E-state index in [1.54, 1.807) is 30.5 Å². The highest BCUT2D eigenvalue weighted by atomic mass is 32.2. The lowest BCUT2D eigenvalue weighted by Gasteiger charge is -2.14. The number of allylic oxidation sites excluding steroid dienone is 1. The van der Waals surface area contributed by atoms with Crippen molar-refractivity contribution in [3.8, 4) is 0 Å². The van der Waals surface area contributed by atoms with Gasteiger partial charge in [-0.1, -0.05) is 29.7 Å². The molecule has 0 bridgehead atoms. The number of hydrogen-bond donors (Lipinski definition) is 2. The van der Waals surface area contributed by atoms with Crippen LogP contribution in [0.5, 0.6) is 0 Å². The van der Waals surface area contributed by atoms with E-state index in [1.807, 2.05) is 6.92 Å². The van der Waals surface area contributed by atoms with Gasteiger partial charge in [-0.25, -0.2) is 8.42 Å². The number of aryl methyl sites for hydroxylation is 1. The average Bonchev–Trinajstić information content (AvgIpc) is 2.40. The fourth-order valence-corrected chi connectivity index (χ4v) is 2.96. The zero-order valence-electron chi connectivity index (χ0n) is 11.1.